The molecule has 1 aliphatic rings. The Labute approximate surface area is 125 Å². The lowest BCUT2D eigenvalue weighted by Crippen LogP contribution is -2.33. The average Bonchev–Trinajstić information content (AvgIpc) is 2.50. The zero-order chi connectivity index (χ0) is 15.1. The van der Waals surface area contributed by atoms with E-state index < -0.39 is 5.97 Å². The molecule has 1 aliphatic heterocycles. The number of likely N-dealkylation sites (tertiary alicyclic amines) is 1. The van der Waals surface area contributed by atoms with Crippen LogP contribution in [0, 0.1) is 0 Å². The molecule has 1 saturated heterocycles. The predicted octanol–water partition coefficient (Wildman–Crippen LogP) is 1.74. The molecule has 0 radical (unpaired) electrons. The van der Waals surface area contributed by atoms with Gasteiger partial charge in [0.05, 0.1) is 17.9 Å². The molecule has 0 bridgehead atoms. The molecule has 2 rings (SSSR count). The highest BCUT2D eigenvalue weighted by molar-refractivity contribution is 5.97. The first-order valence-corrected chi connectivity index (χ1v) is 7.60. The van der Waals surface area contributed by atoms with Crippen LogP contribution in [0.4, 0.5) is 11.5 Å². The summed E-state index contributed by atoms with van der Waals surface area (Å²) >= 11 is 0. The van der Waals surface area contributed by atoms with Crippen LogP contribution in [0.25, 0.3) is 0 Å². The van der Waals surface area contributed by atoms with Crippen LogP contribution in [0.3, 0.4) is 0 Å². The third-order valence-electron chi connectivity index (χ3n) is 3.65. The summed E-state index contributed by atoms with van der Waals surface area (Å²) in [4.78, 5) is 18.4. The van der Waals surface area contributed by atoms with Crippen LogP contribution in [0.15, 0.2) is 12.3 Å². The van der Waals surface area contributed by atoms with Gasteiger partial charge in [-0.15, -0.1) is 0 Å². The number of ether oxygens (including phenoxy) is 1. The Kier molecular flexibility index (Phi) is 5.80. The molecule has 1 aromatic rings. The maximum atomic E-state index is 11.8. The molecule has 116 valence electrons. The highest BCUT2D eigenvalue weighted by atomic mass is 16.5. The summed E-state index contributed by atoms with van der Waals surface area (Å²) in [6.07, 6.45) is 5.46. The van der Waals surface area contributed by atoms with Crippen molar-refractivity contribution in [2.24, 2.45) is 0 Å². The average molecular weight is 292 g/mol. The molecule has 0 saturated carbocycles. The van der Waals surface area contributed by atoms with Crippen molar-refractivity contribution in [2.75, 3.05) is 43.8 Å². The van der Waals surface area contributed by atoms with Gasteiger partial charge in [-0.2, -0.15) is 0 Å². The monoisotopic (exact) mass is 292 g/mol. The van der Waals surface area contributed by atoms with Crippen LogP contribution < -0.4 is 11.1 Å². The van der Waals surface area contributed by atoms with Gasteiger partial charge in [-0.3, -0.25) is 0 Å². The van der Waals surface area contributed by atoms with E-state index in [9.17, 15) is 4.79 Å². The molecule has 0 unspecified atom stereocenters. The van der Waals surface area contributed by atoms with Crippen LogP contribution in [0.2, 0.25) is 0 Å². The normalized spacial score (nSPS) is 15.7. The van der Waals surface area contributed by atoms with E-state index in [0.29, 0.717) is 23.7 Å². The number of pyridine rings is 1. The number of nitrogens with two attached hydrogens (primary N) is 1. The molecule has 1 fully saturated rings. The lowest BCUT2D eigenvalue weighted by Gasteiger charge is -2.26. The fraction of sp³-hybridized carbons (Fsp3) is 0.600. The summed E-state index contributed by atoms with van der Waals surface area (Å²) in [7, 11) is 0. The second-order valence-corrected chi connectivity index (χ2v) is 5.17. The van der Waals surface area contributed by atoms with Crippen molar-refractivity contribution < 1.29 is 9.53 Å². The van der Waals surface area contributed by atoms with Crippen LogP contribution >= 0.6 is 0 Å². The van der Waals surface area contributed by atoms with Crippen LogP contribution in [0.5, 0.6) is 0 Å². The number of piperidine rings is 1. The fourth-order valence-corrected chi connectivity index (χ4v) is 2.52. The Hall–Kier alpha value is -1.82. The molecule has 0 atom stereocenters. The molecule has 0 amide bonds. The van der Waals surface area contributed by atoms with Gasteiger partial charge in [0.2, 0.25) is 0 Å². The second-order valence-electron chi connectivity index (χ2n) is 5.17. The molecular formula is C15H24N4O2. The van der Waals surface area contributed by atoms with Gasteiger partial charge in [0.1, 0.15) is 5.82 Å². The molecular weight excluding hydrogens is 268 g/mol. The number of nitrogen functional groups attached to an aromatic ring is 1. The van der Waals surface area contributed by atoms with Crippen molar-refractivity contribution in [3.05, 3.63) is 17.8 Å². The predicted molar refractivity (Wildman–Crippen MR) is 83.4 cm³/mol. The molecule has 6 heteroatoms. The smallest absolute Gasteiger partial charge is 0.340 e. The maximum Gasteiger partial charge on any atom is 0.340 e. The number of nitrogens with zero attached hydrogens (tertiary/aromatic N) is 2. The minimum Gasteiger partial charge on any atom is -0.462 e. The highest BCUT2D eigenvalue weighted by Crippen LogP contribution is 2.20. The zero-order valence-electron chi connectivity index (χ0n) is 12.6. The van der Waals surface area contributed by atoms with E-state index in [1.165, 1.54) is 19.3 Å². The standard InChI is InChI=1S/C15H24N4O2/c1-2-21-15(20)12-6-7-17-14(13(12)16)18-8-11-19-9-4-3-5-10-19/h6-7H,2-5,8-11,16H2,1H3,(H,17,18). The summed E-state index contributed by atoms with van der Waals surface area (Å²) in [6.45, 7) is 6.15. The number of rotatable bonds is 6. The highest BCUT2D eigenvalue weighted by Gasteiger charge is 2.15. The van der Waals surface area contributed by atoms with Gasteiger partial charge >= 0.3 is 5.97 Å². The minimum atomic E-state index is -0.406. The van der Waals surface area contributed by atoms with Crippen molar-refractivity contribution in [1.29, 1.82) is 0 Å². The van der Waals surface area contributed by atoms with Gasteiger partial charge in [0, 0.05) is 19.3 Å². The maximum absolute atomic E-state index is 11.8. The van der Waals surface area contributed by atoms with Crippen LogP contribution in [-0.2, 0) is 4.74 Å². The van der Waals surface area contributed by atoms with Gasteiger partial charge < -0.3 is 20.7 Å². The molecule has 1 aromatic heterocycles. The number of hydrogen-bond acceptors (Lipinski definition) is 6. The third-order valence-corrected chi connectivity index (χ3v) is 3.65. The third kappa shape index (κ3) is 4.32. The summed E-state index contributed by atoms with van der Waals surface area (Å²) in [5, 5.41) is 3.21. The van der Waals surface area contributed by atoms with E-state index in [-0.39, 0.29) is 0 Å². The number of nitrogens with one attached hydrogen (secondary N) is 1. The van der Waals surface area contributed by atoms with Gasteiger partial charge in [-0.05, 0) is 38.9 Å². The number of carbonyl (C=O) groups excluding carboxylic acids is 1. The Morgan fingerprint density at radius 2 is 2.19 bits per heavy atom. The van der Waals surface area contributed by atoms with Gasteiger partial charge in [0.15, 0.2) is 0 Å². The quantitative estimate of drug-likeness (QED) is 0.777. The largest absolute Gasteiger partial charge is 0.462 e. The molecule has 3 N–H and O–H groups in total. The van der Waals surface area contributed by atoms with E-state index in [0.717, 1.165) is 26.2 Å². The van der Waals surface area contributed by atoms with Gasteiger partial charge in [-0.25, -0.2) is 9.78 Å². The van der Waals surface area contributed by atoms with Gasteiger partial charge in [0.25, 0.3) is 0 Å². The Morgan fingerprint density at radius 3 is 2.90 bits per heavy atom. The lowest BCUT2D eigenvalue weighted by atomic mass is 10.1. The molecule has 0 aliphatic carbocycles. The van der Waals surface area contributed by atoms with Gasteiger partial charge in [-0.1, -0.05) is 6.42 Å². The van der Waals surface area contributed by atoms with E-state index in [1.807, 2.05) is 0 Å². The van der Waals surface area contributed by atoms with Crippen molar-refractivity contribution in [3.63, 3.8) is 0 Å². The fourth-order valence-electron chi connectivity index (χ4n) is 2.52. The first kappa shape index (κ1) is 15.6. The van der Waals surface area contributed by atoms with Crippen LogP contribution in [-0.4, -0.2) is 48.6 Å². The van der Waals surface area contributed by atoms with Crippen LogP contribution in [0.1, 0.15) is 36.5 Å². The number of carbonyl (C=O) groups is 1. The van der Waals surface area contributed by atoms with Crippen molar-refractivity contribution >= 4 is 17.5 Å². The molecule has 0 aromatic carbocycles. The summed E-state index contributed by atoms with van der Waals surface area (Å²) < 4.78 is 4.98. The molecule has 0 spiro atoms. The molecule has 21 heavy (non-hydrogen) atoms. The Morgan fingerprint density at radius 1 is 1.43 bits per heavy atom. The van der Waals surface area contributed by atoms with Crippen molar-refractivity contribution in [2.45, 2.75) is 26.2 Å². The van der Waals surface area contributed by atoms with E-state index >= 15 is 0 Å². The minimum absolute atomic E-state index is 0.332. The first-order valence-electron chi connectivity index (χ1n) is 7.60. The SMILES string of the molecule is CCOC(=O)c1ccnc(NCCN2CCCCC2)c1N. The summed E-state index contributed by atoms with van der Waals surface area (Å²) in [6, 6.07) is 1.59. The zero-order valence-corrected chi connectivity index (χ0v) is 12.6. The second kappa shape index (κ2) is 7.83. The van der Waals surface area contributed by atoms with E-state index in [1.54, 1.807) is 19.2 Å². The summed E-state index contributed by atoms with van der Waals surface area (Å²) in [5.74, 6) is 0.147. The summed E-state index contributed by atoms with van der Waals surface area (Å²) in [5.41, 5.74) is 6.72. The Balaban J connectivity index is 1.90. The molecule has 2 heterocycles. The number of hydrogen-bond donors (Lipinski definition) is 2. The van der Waals surface area contributed by atoms with Crippen molar-refractivity contribution in [1.82, 2.24) is 9.88 Å². The molecule has 6 nitrogen and oxygen atoms in total. The number of anilines is 2. The number of aromatic nitrogens is 1. The van der Waals surface area contributed by atoms with Crippen molar-refractivity contribution in [3.8, 4) is 0 Å². The Bertz CT molecular complexity index is 473. The first-order chi connectivity index (χ1) is 10.2. The number of esters is 1. The van der Waals surface area contributed by atoms with E-state index in [4.69, 9.17) is 10.5 Å². The lowest BCUT2D eigenvalue weighted by molar-refractivity contribution is 0.0527. The van der Waals surface area contributed by atoms with E-state index in [2.05, 4.69) is 15.2 Å². The topological polar surface area (TPSA) is 80.5 Å².